The van der Waals surface area contributed by atoms with Crippen molar-refractivity contribution < 1.29 is 28.2 Å². The molecule has 6 nitrogen and oxygen atoms in total. The lowest BCUT2D eigenvalue weighted by Crippen LogP contribution is -2.51. The van der Waals surface area contributed by atoms with Crippen LogP contribution in [-0.4, -0.2) is 36.7 Å². The first-order chi connectivity index (χ1) is 16.0. The number of hydrogen-bond donors (Lipinski definition) is 0. The molecule has 1 aliphatic rings. The molecule has 0 spiro atoms. The van der Waals surface area contributed by atoms with Gasteiger partial charge in [0.2, 0.25) is 0 Å². The van der Waals surface area contributed by atoms with Crippen molar-refractivity contribution in [3.05, 3.63) is 102 Å². The molecule has 4 rings (SSSR count). The lowest BCUT2D eigenvalue weighted by Gasteiger charge is -2.35. The van der Waals surface area contributed by atoms with Crippen LogP contribution in [0.4, 0.5) is 9.18 Å². The molecule has 0 N–H and O–H groups in total. The quantitative estimate of drug-likeness (QED) is 0.511. The molecule has 1 amide bonds. The highest BCUT2D eigenvalue weighted by molar-refractivity contribution is 5.88. The number of hydrogen-bond acceptors (Lipinski definition) is 5. The van der Waals surface area contributed by atoms with E-state index in [0.29, 0.717) is 11.3 Å². The standard InChI is InChI=1S/C26H24FNO5/c1-31-24(29)26(20-10-6-3-7-11-20)16-23(33-22-14-12-21(27)13-15-22)17-28(26)25(30)32-18-19-8-4-2-5-9-19/h2-15,23H,16-18H2,1H3/t23-,26+/m0/s1. The molecule has 3 aromatic rings. The molecular formula is C26H24FNO5. The topological polar surface area (TPSA) is 65.1 Å². The molecule has 0 aromatic heterocycles. The molecule has 3 aromatic carbocycles. The van der Waals surface area contributed by atoms with Gasteiger partial charge in [-0.15, -0.1) is 0 Å². The van der Waals surface area contributed by atoms with Gasteiger partial charge in [-0.1, -0.05) is 60.7 Å². The van der Waals surface area contributed by atoms with Gasteiger partial charge < -0.3 is 14.2 Å². The van der Waals surface area contributed by atoms with E-state index in [1.807, 2.05) is 36.4 Å². The van der Waals surface area contributed by atoms with Crippen LogP contribution in [0.1, 0.15) is 17.5 Å². The minimum absolute atomic E-state index is 0.0612. The van der Waals surface area contributed by atoms with Gasteiger partial charge in [-0.05, 0) is 35.4 Å². The number of halogens is 1. The van der Waals surface area contributed by atoms with Crippen LogP contribution >= 0.6 is 0 Å². The second-order valence-corrected chi connectivity index (χ2v) is 7.77. The smallest absolute Gasteiger partial charge is 0.411 e. The summed E-state index contributed by atoms with van der Waals surface area (Å²) in [6.07, 6.45) is -1.04. The lowest BCUT2D eigenvalue weighted by atomic mass is 9.86. The summed E-state index contributed by atoms with van der Waals surface area (Å²) in [5.41, 5.74) is 0.000314. The second-order valence-electron chi connectivity index (χ2n) is 7.77. The van der Waals surface area contributed by atoms with Crippen LogP contribution in [0.5, 0.6) is 5.75 Å². The Morgan fingerprint density at radius 1 is 0.970 bits per heavy atom. The van der Waals surface area contributed by atoms with E-state index in [4.69, 9.17) is 14.2 Å². The van der Waals surface area contributed by atoms with Crippen LogP contribution in [0.3, 0.4) is 0 Å². The molecule has 1 fully saturated rings. The number of likely N-dealkylation sites (tertiary alicyclic amines) is 1. The molecule has 1 saturated heterocycles. The van der Waals surface area contributed by atoms with Crippen molar-refractivity contribution in [3.8, 4) is 5.75 Å². The normalized spacial score (nSPS) is 19.7. The third-order valence-electron chi connectivity index (χ3n) is 5.69. The maximum absolute atomic E-state index is 13.3. The van der Waals surface area contributed by atoms with Gasteiger partial charge in [-0.3, -0.25) is 4.90 Å². The van der Waals surface area contributed by atoms with Crippen molar-refractivity contribution in [3.63, 3.8) is 0 Å². The van der Waals surface area contributed by atoms with Gasteiger partial charge in [0.25, 0.3) is 0 Å². The van der Waals surface area contributed by atoms with Crippen LogP contribution in [0.15, 0.2) is 84.9 Å². The second kappa shape index (κ2) is 9.73. The molecule has 33 heavy (non-hydrogen) atoms. The zero-order chi connectivity index (χ0) is 23.3. The van der Waals surface area contributed by atoms with Crippen LogP contribution in [0.2, 0.25) is 0 Å². The first-order valence-corrected chi connectivity index (χ1v) is 10.6. The molecule has 1 aliphatic heterocycles. The van der Waals surface area contributed by atoms with E-state index >= 15 is 0 Å². The fraction of sp³-hybridized carbons (Fsp3) is 0.231. The van der Waals surface area contributed by atoms with E-state index in [-0.39, 0.29) is 25.4 Å². The van der Waals surface area contributed by atoms with Gasteiger partial charge in [0.1, 0.15) is 24.3 Å². The Bertz CT molecular complexity index is 1090. The average molecular weight is 449 g/mol. The number of amides is 1. The molecule has 1 heterocycles. The Hall–Kier alpha value is -3.87. The summed E-state index contributed by atoms with van der Waals surface area (Å²) in [5, 5.41) is 0. The third kappa shape index (κ3) is 4.67. The Labute approximate surface area is 191 Å². The number of nitrogens with zero attached hydrogens (tertiary/aromatic N) is 1. The minimum Gasteiger partial charge on any atom is -0.488 e. The monoisotopic (exact) mass is 449 g/mol. The van der Waals surface area contributed by atoms with Crippen molar-refractivity contribution in [1.82, 2.24) is 4.90 Å². The molecule has 0 saturated carbocycles. The van der Waals surface area contributed by atoms with Gasteiger partial charge >= 0.3 is 12.1 Å². The van der Waals surface area contributed by atoms with E-state index in [0.717, 1.165) is 5.56 Å². The fourth-order valence-corrected chi connectivity index (χ4v) is 4.14. The summed E-state index contributed by atoms with van der Waals surface area (Å²) in [6.45, 7) is 0.153. The summed E-state index contributed by atoms with van der Waals surface area (Å²) in [7, 11) is 1.29. The Balaban J connectivity index is 1.65. The first-order valence-electron chi connectivity index (χ1n) is 10.6. The summed E-state index contributed by atoms with van der Waals surface area (Å²) >= 11 is 0. The van der Waals surface area contributed by atoms with Gasteiger partial charge in [0, 0.05) is 6.42 Å². The predicted molar refractivity (Wildman–Crippen MR) is 119 cm³/mol. The highest BCUT2D eigenvalue weighted by Crippen LogP contribution is 2.42. The van der Waals surface area contributed by atoms with Crippen molar-refractivity contribution in [2.45, 2.75) is 24.7 Å². The number of ether oxygens (including phenoxy) is 3. The molecule has 0 bridgehead atoms. The van der Waals surface area contributed by atoms with Crippen LogP contribution < -0.4 is 4.74 Å². The number of carbonyl (C=O) groups excluding carboxylic acids is 2. The largest absolute Gasteiger partial charge is 0.488 e. The number of esters is 1. The van der Waals surface area contributed by atoms with Crippen LogP contribution in [0.25, 0.3) is 0 Å². The zero-order valence-corrected chi connectivity index (χ0v) is 18.1. The summed E-state index contributed by atoms with van der Waals surface area (Å²) in [6, 6.07) is 23.8. The number of methoxy groups -OCH3 is 1. The van der Waals surface area contributed by atoms with Gasteiger partial charge in [-0.2, -0.15) is 0 Å². The van der Waals surface area contributed by atoms with Crippen LogP contribution in [0, 0.1) is 5.82 Å². The van der Waals surface area contributed by atoms with Crippen LogP contribution in [-0.2, 0) is 26.4 Å². The van der Waals surface area contributed by atoms with Gasteiger partial charge in [0.15, 0.2) is 5.54 Å². The SMILES string of the molecule is COC(=O)[C@]1(c2ccccc2)C[C@H](Oc2ccc(F)cc2)CN1C(=O)OCc1ccccc1. The first kappa shape index (κ1) is 22.3. The number of benzene rings is 3. The van der Waals surface area contributed by atoms with E-state index in [1.165, 1.54) is 36.3 Å². The summed E-state index contributed by atoms with van der Waals surface area (Å²) in [4.78, 5) is 27.8. The van der Waals surface area contributed by atoms with E-state index in [9.17, 15) is 14.0 Å². The molecule has 0 unspecified atom stereocenters. The van der Waals surface area contributed by atoms with Crippen molar-refractivity contribution >= 4 is 12.1 Å². The van der Waals surface area contributed by atoms with Gasteiger partial charge in [-0.25, -0.2) is 14.0 Å². The Kier molecular flexibility index (Phi) is 6.58. The summed E-state index contributed by atoms with van der Waals surface area (Å²) in [5.74, 6) is -0.531. The molecule has 0 radical (unpaired) electrons. The third-order valence-corrected chi connectivity index (χ3v) is 5.69. The van der Waals surface area contributed by atoms with E-state index < -0.39 is 23.7 Å². The minimum atomic E-state index is -1.42. The lowest BCUT2D eigenvalue weighted by molar-refractivity contribution is -0.153. The molecule has 7 heteroatoms. The molecule has 170 valence electrons. The van der Waals surface area contributed by atoms with E-state index in [2.05, 4.69) is 0 Å². The average Bonchev–Trinajstić information content (AvgIpc) is 3.25. The van der Waals surface area contributed by atoms with E-state index in [1.54, 1.807) is 24.3 Å². The maximum Gasteiger partial charge on any atom is 0.411 e. The highest BCUT2D eigenvalue weighted by Gasteiger charge is 2.57. The number of rotatable bonds is 6. The van der Waals surface area contributed by atoms with Gasteiger partial charge in [0.05, 0.1) is 13.7 Å². The van der Waals surface area contributed by atoms with Crippen molar-refractivity contribution in [2.75, 3.05) is 13.7 Å². The van der Waals surface area contributed by atoms with Crippen molar-refractivity contribution in [1.29, 1.82) is 0 Å². The maximum atomic E-state index is 13.3. The molecular weight excluding hydrogens is 425 g/mol. The zero-order valence-electron chi connectivity index (χ0n) is 18.1. The predicted octanol–water partition coefficient (Wildman–Crippen LogP) is 4.68. The summed E-state index contributed by atoms with van der Waals surface area (Å²) < 4.78 is 30.1. The Morgan fingerprint density at radius 2 is 1.61 bits per heavy atom. The highest BCUT2D eigenvalue weighted by atomic mass is 19.1. The Morgan fingerprint density at radius 3 is 2.24 bits per heavy atom. The molecule has 2 atom stereocenters. The molecule has 0 aliphatic carbocycles. The van der Waals surface area contributed by atoms with Crippen molar-refractivity contribution in [2.24, 2.45) is 0 Å². The fourth-order valence-electron chi connectivity index (χ4n) is 4.14. The number of carbonyl (C=O) groups is 2.